The van der Waals surface area contributed by atoms with Gasteiger partial charge in [0.1, 0.15) is 0 Å². The summed E-state index contributed by atoms with van der Waals surface area (Å²) in [6, 6.07) is -0.161. The second kappa shape index (κ2) is 5.92. The van der Waals surface area contributed by atoms with Gasteiger partial charge >= 0.3 is 15.2 Å². The van der Waals surface area contributed by atoms with Crippen molar-refractivity contribution in [3.63, 3.8) is 0 Å². The van der Waals surface area contributed by atoms with Crippen molar-refractivity contribution in [3.05, 3.63) is 0 Å². The maximum atomic E-state index is 11.2. The van der Waals surface area contributed by atoms with Crippen molar-refractivity contribution >= 4 is 15.2 Å². The second-order valence-electron chi connectivity index (χ2n) is 5.11. The lowest BCUT2D eigenvalue weighted by atomic mass is 9.82. The van der Waals surface area contributed by atoms with Gasteiger partial charge in [0.25, 0.3) is 5.08 Å². The molecule has 0 radical (unpaired) electrons. The molecule has 0 amide bonds. The molecule has 1 aliphatic carbocycles. The van der Waals surface area contributed by atoms with E-state index in [1.54, 1.807) is 0 Å². The molecule has 0 aromatic carbocycles. The van der Waals surface area contributed by atoms with Crippen molar-refractivity contribution in [2.45, 2.75) is 49.6 Å². The third kappa shape index (κ3) is 3.86. The lowest BCUT2D eigenvalue weighted by molar-refractivity contribution is 0.111. The summed E-state index contributed by atoms with van der Waals surface area (Å²) in [7, 11) is -10.7. The monoisotopic (exact) mass is 317 g/mol. The maximum Gasteiger partial charge on any atom is 0.369 e. The largest absolute Gasteiger partial charge is 0.369 e. The van der Waals surface area contributed by atoms with Crippen molar-refractivity contribution < 1.29 is 33.8 Å². The highest BCUT2D eigenvalue weighted by Gasteiger charge is 2.59. The highest BCUT2D eigenvalue weighted by molar-refractivity contribution is 7.72. The van der Waals surface area contributed by atoms with Crippen LogP contribution in [0.15, 0.2) is 0 Å². The van der Waals surface area contributed by atoms with Crippen molar-refractivity contribution in [3.8, 4) is 0 Å². The van der Waals surface area contributed by atoms with Crippen LogP contribution in [0.4, 0.5) is 0 Å². The Kier molecular flexibility index (Phi) is 5.38. The third-order valence-electron chi connectivity index (χ3n) is 3.75. The van der Waals surface area contributed by atoms with Crippen LogP contribution in [-0.2, 0) is 9.13 Å². The first-order valence-corrected chi connectivity index (χ1v) is 9.31. The summed E-state index contributed by atoms with van der Waals surface area (Å²) in [4.78, 5) is 36.0. The molecule has 0 bridgehead atoms. The molecule has 1 rings (SSSR count). The third-order valence-corrected chi connectivity index (χ3v) is 7.63. The topological polar surface area (TPSA) is 161 Å². The molecule has 1 fully saturated rings. The quantitative estimate of drug-likeness (QED) is 0.394. The molecule has 7 N–H and O–H groups in total. The zero-order valence-electron chi connectivity index (χ0n) is 10.4. The molecule has 2 atom stereocenters. The molecule has 10 heteroatoms. The van der Waals surface area contributed by atoms with E-state index < -0.39 is 26.7 Å². The fourth-order valence-electron chi connectivity index (χ4n) is 2.43. The zero-order valence-corrected chi connectivity index (χ0v) is 12.2. The molecule has 8 nitrogen and oxygen atoms in total. The number of nitrogens with two attached hydrogens (primary N) is 1. The fraction of sp³-hybridized carbons (Fsp3) is 1.00. The molecular formula is C9H21NO7P2. The molecule has 0 saturated heterocycles. The van der Waals surface area contributed by atoms with E-state index in [2.05, 4.69) is 0 Å². The molecular weight excluding hydrogens is 296 g/mol. The molecule has 19 heavy (non-hydrogen) atoms. The van der Waals surface area contributed by atoms with E-state index in [0.29, 0.717) is 0 Å². The van der Waals surface area contributed by atoms with Crippen LogP contribution < -0.4 is 5.73 Å². The molecule has 0 heterocycles. The molecule has 0 spiro atoms. The van der Waals surface area contributed by atoms with E-state index in [0.717, 1.165) is 25.7 Å². The van der Waals surface area contributed by atoms with E-state index in [1.807, 2.05) is 0 Å². The maximum absolute atomic E-state index is 11.2. The Morgan fingerprint density at radius 2 is 1.53 bits per heavy atom. The van der Waals surface area contributed by atoms with Gasteiger partial charge < -0.3 is 30.4 Å². The molecule has 1 aliphatic rings. The second-order valence-corrected chi connectivity index (χ2v) is 9.12. The van der Waals surface area contributed by atoms with E-state index in [4.69, 9.17) is 25.3 Å². The molecule has 0 aromatic rings. The van der Waals surface area contributed by atoms with Gasteiger partial charge in [0.05, 0.1) is 0 Å². The smallest absolute Gasteiger partial charge is 0.368 e. The minimum absolute atomic E-state index is 0.0773. The van der Waals surface area contributed by atoms with Gasteiger partial charge in [-0.2, -0.15) is 0 Å². The fourth-order valence-corrected chi connectivity index (χ4v) is 4.63. The first kappa shape index (κ1) is 17.3. The number of hydrogen-bond donors (Lipinski definition) is 6. The van der Waals surface area contributed by atoms with Crippen LogP contribution in [0.5, 0.6) is 0 Å². The average molecular weight is 317 g/mol. The van der Waals surface area contributed by atoms with E-state index in [1.165, 1.54) is 0 Å². The summed E-state index contributed by atoms with van der Waals surface area (Å²) >= 11 is 0. The lowest BCUT2D eigenvalue weighted by Crippen LogP contribution is -2.36. The summed E-state index contributed by atoms with van der Waals surface area (Å²) in [5, 5.41) is 6.43. The first-order chi connectivity index (χ1) is 8.49. The Morgan fingerprint density at radius 1 is 1.05 bits per heavy atom. The number of hydrogen-bond acceptors (Lipinski definition) is 4. The summed E-state index contributed by atoms with van der Waals surface area (Å²) in [5.74, 6) is -0.0848. The summed E-state index contributed by atoms with van der Waals surface area (Å²) in [5.41, 5.74) is 5.86. The lowest BCUT2D eigenvalue weighted by Gasteiger charge is -2.33. The van der Waals surface area contributed by atoms with Crippen LogP contribution in [0.3, 0.4) is 0 Å². The minimum Gasteiger partial charge on any atom is -0.368 e. The van der Waals surface area contributed by atoms with Crippen LogP contribution >= 0.6 is 15.2 Å². The van der Waals surface area contributed by atoms with Gasteiger partial charge in [-0.25, -0.2) is 0 Å². The van der Waals surface area contributed by atoms with E-state index in [9.17, 15) is 14.2 Å². The summed E-state index contributed by atoms with van der Waals surface area (Å²) < 4.78 is 22.4. The Bertz CT molecular complexity index is 381. The van der Waals surface area contributed by atoms with Crippen LogP contribution in [0.1, 0.15) is 38.5 Å². The zero-order chi connectivity index (χ0) is 14.9. The predicted molar refractivity (Wildman–Crippen MR) is 68.2 cm³/mol. The highest BCUT2D eigenvalue weighted by Crippen LogP contribution is 2.69. The Balaban J connectivity index is 2.81. The van der Waals surface area contributed by atoms with Crippen LogP contribution in [0.25, 0.3) is 0 Å². The van der Waals surface area contributed by atoms with Crippen molar-refractivity contribution in [1.82, 2.24) is 0 Å². The van der Waals surface area contributed by atoms with E-state index in [-0.39, 0.29) is 18.4 Å². The Labute approximate surface area is 111 Å². The number of aliphatic hydroxyl groups is 1. The molecule has 1 saturated carbocycles. The predicted octanol–water partition coefficient (Wildman–Crippen LogP) is 0.286. The normalized spacial score (nSPS) is 26.4. The Hall–Kier alpha value is 0.220. The van der Waals surface area contributed by atoms with Crippen LogP contribution in [0.2, 0.25) is 0 Å². The first-order valence-electron chi connectivity index (χ1n) is 6.08. The van der Waals surface area contributed by atoms with Gasteiger partial charge in [0, 0.05) is 12.5 Å². The van der Waals surface area contributed by atoms with Gasteiger partial charge in [-0.15, -0.1) is 0 Å². The highest BCUT2D eigenvalue weighted by atomic mass is 31.2. The van der Waals surface area contributed by atoms with Gasteiger partial charge in [-0.05, 0) is 25.2 Å². The Morgan fingerprint density at radius 3 is 1.95 bits per heavy atom. The summed E-state index contributed by atoms with van der Waals surface area (Å²) in [6.45, 7) is 0. The van der Waals surface area contributed by atoms with Crippen molar-refractivity contribution in [2.24, 2.45) is 11.7 Å². The molecule has 0 aromatic heterocycles. The van der Waals surface area contributed by atoms with Crippen molar-refractivity contribution in [1.29, 1.82) is 0 Å². The van der Waals surface area contributed by atoms with Gasteiger partial charge in [0.2, 0.25) is 0 Å². The average Bonchev–Trinajstić information content (AvgIpc) is 2.24. The molecule has 0 unspecified atom stereocenters. The van der Waals surface area contributed by atoms with Crippen LogP contribution in [0, 0.1) is 5.92 Å². The minimum atomic E-state index is -5.35. The standard InChI is InChI=1S/C9H21NO7P2/c10-8-4-2-1-3-7(8)5-6-9(11,18(12,13)14)19(15,16)17/h7-8,11H,1-6,10H2,(H2,12,13,14)(H2,15,16,17)/t7-,8+/m0/s1. The number of rotatable bonds is 5. The molecule has 0 aliphatic heterocycles. The van der Waals surface area contributed by atoms with Gasteiger partial charge in [0.15, 0.2) is 0 Å². The van der Waals surface area contributed by atoms with Gasteiger partial charge in [-0.3, -0.25) is 9.13 Å². The van der Waals surface area contributed by atoms with Crippen molar-refractivity contribution in [2.75, 3.05) is 0 Å². The summed E-state index contributed by atoms with van der Waals surface area (Å²) in [6.07, 6.45) is 2.81. The molecule has 114 valence electrons. The van der Waals surface area contributed by atoms with Gasteiger partial charge in [-0.1, -0.05) is 12.8 Å². The van der Waals surface area contributed by atoms with Crippen LogP contribution in [-0.4, -0.2) is 35.8 Å². The SMILES string of the molecule is N[C@@H]1CCCC[C@H]1CCC(O)(P(=O)(O)O)P(=O)(O)O. The van der Waals surface area contributed by atoms with E-state index >= 15 is 0 Å².